The zero-order valence-electron chi connectivity index (χ0n) is 12.0. The van der Waals surface area contributed by atoms with E-state index < -0.39 is 4.92 Å². The van der Waals surface area contributed by atoms with E-state index in [1.807, 2.05) is 6.07 Å². The number of Topliss-reactive ketones (excluding diaryl/α,β-unsaturated/α-hetero) is 1. The van der Waals surface area contributed by atoms with Gasteiger partial charge in [-0.25, -0.2) is 0 Å². The molecular weight excluding hydrogens is 318 g/mol. The van der Waals surface area contributed by atoms with Gasteiger partial charge in [-0.1, -0.05) is 11.8 Å². The molecular formula is C15H11N3O4S. The average Bonchev–Trinajstić information content (AvgIpc) is 2.52. The first-order valence-corrected chi connectivity index (χ1v) is 7.45. The van der Waals surface area contributed by atoms with Crippen molar-refractivity contribution in [2.75, 3.05) is 5.75 Å². The monoisotopic (exact) mass is 329 g/mol. The number of benzene rings is 1. The van der Waals surface area contributed by atoms with Crippen LogP contribution in [0.2, 0.25) is 0 Å². The van der Waals surface area contributed by atoms with Crippen molar-refractivity contribution < 1.29 is 9.72 Å². The van der Waals surface area contributed by atoms with Crippen LogP contribution in [0.1, 0.15) is 21.5 Å². The van der Waals surface area contributed by atoms with Gasteiger partial charge in [-0.2, -0.15) is 5.26 Å². The Morgan fingerprint density at radius 3 is 2.61 bits per heavy atom. The summed E-state index contributed by atoms with van der Waals surface area (Å²) < 4.78 is 0. The van der Waals surface area contributed by atoms with Gasteiger partial charge in [0.15, 0.2) is 5.78 Å². The van der Waals surface area contributed by atoms with Crippen molar-refractivity contribution in [1.82, 2.24) is 4.98 Å². The molecule has 0 atom stereocenters. The van der Waals surface area contributed by atoms with E-state index in [4.69, 9.17) is 5.26 Å². The topological polar surface area (TPSA) is 117 Å². The molecule has 0 bridgehead atoms. The molecule has 0 aliphatic carbocycles. The number of nitro groups is 1. The highest BCUT2D eigenvalue weighted by Gasteiger charge is 2.13. The zero-order valence-corrected chi connectivity index (χ0v) is 12.8. The summed E-state index contributed by atoms with van der Waals surface area (Å²) in [5.41, 5.74) is 0.764. The molecule has 0 radical (unpaired) electrons. The molecule has 0 unspecified atom stereocenters. The van der Waals surface area contributed by atoms with Crippen LogP contribution in [0.4, 0.5) is 5.69 Å². The molecule has 0 saturated carbocycles. The van der Waals surface area contributed by atoms with Crippen LogP contribution in [0, 0.1) is 28.4 Å². The van der Waals surface area contributed by atoms with Gasteiger partial charge in [0, 0.05) is 23.8 Å². The third kappa shape index (κ3) is 3.84. The average molecular weight is 329 g/mol. The van der Waals surface area contributed by atoms with Gasteiger partial charge >= 0.3 is 0 Å². The van der Waals surface area contributed by atoms with Gasteiger partial charge < -0.3 is 4.98 Å². The molecule has 0 spiro atoms. The van der Waals surface area contributed by atoms with E-state index in [2.05, 4.69) is 4.98 Å². The first-order valence-electron chi connectivity index (χ1n) is 6.47. The van der Waals surface area contributed by atoms with E-state index >= 15 is 0 Å². The summed E-state index contributed by atoms with van der Waals surface area (Å²) in [4.78, 5) is 36.2. The van der Waals surface area contributed by atoms with Gasteiger partial charge in [0.25, 0.3) is 5.69 Å². The molecule has 2 aromatic rings. The van der Waals surface area contributed by atoms with E-state index in [1.165, 1.54) is 30.3 Å². The van der Waals surface area contributed by atoms with Crippen molar-refractivity contribution in [1.29, 1.82) is 5.26 Å². The number of aromatic amines is 1. The number of carbonyl (C=O) groups excluding carboxylic acids is 1. The number of rotatable bonds is 5. The lowest BCUT2D eigenvalue weighted by Crippen LogP contribution is -2.10. The summed E-state index contributed by atoms with van der Waals surface area (Å²) in [6.45, 7) is 1.65. The number of nitro benzene ring substituents is 1. The Kier molecular flexibility index (Phi) is 4.93. The second-order valence-electron chi connectivity index (χ2n) is 4.65. The SMILES string of the molecule is Cc1cc(=O)[nH]c(SCC(=O)c2ccc([N+](=O)[O-])cc2)c1C#N. The molecule has 0 aliphatic heterocycles. The van der Waals surface area contributed by atoms with Crippen LogP contribution < -0.4 is 5.56 Å². The summed E-state index contributed by atoms with van der Waals surface area (Å²) in [7, 11) is 0. The third-order valence-electron chi connectivity index (χ3n) is 3.07. The number of pyridine rings is 1. The molecule has 8 heteroatoms. The smallest absolute Gasteiger partial charge is 0.269 e. The van der Waals surface area contributed by atoms with Crippen LogP contribution in [0.15, 0.2) is 40.2 Å². The van der Waals surface area contributed by atoms with Crippen molar-refractivity contribution in [3.8, 4) is 6.07 Å². The fraction of sp³-hybridized carbons (Fsp3) is 0.133. The second-order valence-corrected chi connectivity index (χ2v) is 5.63. The Labute approximate surface area is 135 Å². The van der Waals surface area contributed by atoms with E-state index in [-0.39, 0.29) is 22.8 Å². The number of hydrogen-bond acceptors (Lipinski definition) is 6. The first-order chi connectivity index (χ1) is 10.9. The minimum Gasteiger partial charge on any atom is -0.316 e. The van der Waals surface area contributed by atoms with Crippen LogP contribution in [0.25, 0.3) is 0 Å². The number of H-pyrrole nitrogens is 1. The Morgan fingerprint density at radius 1 is 1.39 bits per heavy atom. The van der Waals surface area contributed by atoms with E-state index in [1.54, 1.807) is 6.92 Å². The van der Waals surface area contributed by atoms with Crippen molar-refractivity contribution in [3.63, 3.8) is 0 Å². The third-order valence-corrected chi connectivity index (χ3v) is 4.07. The van der Waals surface area contributed by atoms with Gasteiger partial charge in [-0.05, 0) is 24.6 Å². The highest BCUT2D eigenvalue weighted by Crippen LogP contribution is 2.22. The van der Waals surface area contributed by atoms with Crippen LogP contribution in [0.3, 0.4) is 0 Å². The number of nitriles is 1. The number of hydrogen-bond donors (Lipinski definition) is 1. The number of aromatic nitrogens is 1. The number of nitrogens with one attached hydrogen (secondary N) is 1. The molecule has 0 aliphatic rings. The Morgan fingerprint density at radius 2 is 2.04 bits per heavy atom. The molecule has 23 heavy (non-hydrogen) atoms. The first kappa shape index (κ1) is 16.5. The zero-order chi connectivity index (χ0) is 17.0. The Bertz CT molecular complexity index is 866. The Hall–Kier alpha value is -2.92. The number of aryl methyl sites for hydroxylation is 1. The van der Waals surface area contributed by atoms with Gasteiger partial charge in [0.2, 0.25) is 5.56 Å². The summed E-state index contributed by atoms with van der Waals surface area (Å²) >= 11 is 1.05. The molecule has 116 valence electrons. The summed E-state index contributed by atoms with van der Waals surface area (Å²) in [6, 6.07) is 8.59. The van der Waals surface area contributed by atoms with Gasteiger partial charge in [-0.15, -0.1) is 0 Å². The number of ketones is 1. The van der Waals surface area contributed by atoms with E-state index in [0.717, 1.165) is 11.8 Å². The predicted octanol–water partition coefficient (Wildman–Crippen LogP) is 2.44. The highest BCUT2D eigenvalue weighted by molar-refractivity contribution is 8.00. The fourth-order valence-electron chi connectivity index (χ4n) is 1.90. The largest absolute Gasteiger partial charge is 0.316 e. The van der Waals surface area contributed by atoms with Crippen LogP contribution in [-0.2, 0) is 0 Å². The van der Waals surface area contributed by atoms with Crippen molar-refractivity contribution in [2.45, 2.75) is 11.9 Å². The molecule has 1 aromatic carbocycles. The molecule has 0 saturated heterocycles. The van der Waals surface area contributed by atoms with Crippen LogP contribution in [0.5, 0.6) is 0 Å². The van der Waals surface area contributed by atoms with Crippen molar-refractivity contribution >= 4 is 23.2 Å². The van der Waals surface area contributed by atoms with Gasteiger partial charge in [0.1, 0.15) is 6.07 Å². The van der Waals surface area contributed by atoms with E-state index in [0.29, 0.717) is 21.7 Å². The van der Waals surface area contributed by atoms with Crippen LogP contribution in [-0.4, -0.2) is 21.4 Å². The number of thioether (sulfide) groups is 1. The highest BCUT2D eigenvalue weighted by atomic mass is 32.2. The van der Waals surface area contributed by atoms with E-state index in [9.17, 15) is 19.7 Å². The normalized spacial score (nSPS) is 10.1. The number of carbonyl (C=O) groups is 1. The number of nitrogens with zero attached hydrogens (tertiary/aromatic N) is 2. The molecule has 0 fully saturated rings. The minimum absolute atomic E-state index is 0.00584. The maximum atomic E-state index is 12.1. The summed E-state index contributed by atoms with van der Waals surface area (Å²) in [6.07, 6.45) is 0. The minimum atomic E-state index is -0.542. The quantitative estimate of drug-likeness (QED) is 0.390. The molecule has 1 N–H and O–H groups in total. The lowest BCUT2D eigenvalue weighted by Gasteiger charge is -2.05. The molecule has 7 nitrogen and oxygen atoms in total. The maximum absolute atomic E-state index is 12.1. The lowest BCUT2D eigenvalue weighted by atomic mass is 10.1. The summed E-state index contributed by atoms with van der Waals surface area (Å²) in [5, 5.41) is 20.0. The second kappa shape index (κ2) is 6.89. The lowest BCUT2D eigenvalue weighted by molar-refractivity contribution is -0.384. The number of non-ortho nitro benzene ring substituents is 1. The van der Waals surface area contributed by atoms with Crippen molar-refractivity contribution in [2.24, 2.45) is 0 Å². The molecule has 1 aromatic heterocycles. The molecule has 0 amide bonds. The Balaban J connectivity index is 2.15. The fourth-order valence-corrected chi connectivity index (χ4v) is 2.86. The molecule has 2 rings (SSSR count). The maximum Gasteiger partial charge on any atom is 0.269 e. The van der Waals surface area contributed by atoms with Crippen LogP contribution >= 0.6 is 11.8 Å². The standard InChI is InChI=1S/C15H11N3O4S/c1-9-6-14(20)17-15(12(9)7-16)23-8-13(19)10-2-4-11(5-3-10)18(21)22/h2-6H,8H2,1H3,(H,17,20). The summed E-state index contributed by atoms with van der Waals surface area (Å²) in [5.74, 6) is -0.248. The molecule has 1 heterocycles. The van der Waals surface area contributed by atoms with Gasteiger partial charge in [0.05, 0.1) is 21.3 Å². The predicted molar refractivity (Wildman–Crippen MR) is 84.7 cm³/mol. The van der Waals surface area contributed by atoms with Gasteiger partial charge in [-0.3, -0.25) is 19.7 Å². The van der Waals surface area contributed by atoms with Crippen molar-refractivity contribution in [3.05, 3.63) is 67.5 Å².